The molecule has 1 saturated carbocycles. The molecule has 2 fully saturated rings. The summed E-state index contributed by atoms with van der Waals surface area (Å²) >= 11 is 0. The minimum atomic E-state index is -0.403. The summed E-state index contributed by atoms with van der Waals surface area (Å²) in [6.45, 7) is 4.33. The smallest absolute Gasteiger partial charge is 0.252 e. The maximum absolute atomic E-state index is 14.4. The largest absolute Gasteiger partial charge is 0.380 e. The zero-order chi connectivity index (χ0) is 23.5. The van der Waals surface area contributed by atoms with Gasteiger partial charge in [0.25, 0.3) is 5.91 Å². The van der Waals surface area contributed by atoms with E-state index in [0.717, 1.165) is 61.5 Å². The van der Waals surface area contributed by atoms with Gasteiger partial charge in [-0.1, -0.05) is 60.7 Å². The number of hydrogen-bond acceptors (Lipinski definition) is 4. The van der Waals surface area contributed by atoms with Gasteiger partial charge in [0.15, 0.2) is 0 Å². The fourth-order valence-electron chi connectivity index (χ4n) is 5.03. The Kier molecular flexibility index (Phi) is 6.50. The molecule has 176 valence electrons. The topological polar surface area (TPSA) is 36.0 Å². The Balaban J connectivity index is 1.53. The van der Waals surface area contributed by atoms with Gasteiger partial charge in [-0.3, -0.25) is 14.6 Å². The van der Waals surface area contributed by atoms with E-state index in [1.807, 2.05) is 47.4 Å². The molecular formula is C29H33N3O2. The average molecular weight is 456 g/mol. The maximum Gasteiger partial charge on any atom is 0.252 e. The van der Waals surface area contributed by atoms with Crippen LogP contribution in [0.15, 0.2) is 78.9 Å². The van der Waals surface area contributed by atoms with E-state index in [1.54, 1.807) is 7.11 Å². The zero-order valence-corrected chi connectivity index (χ0v) is 20.1. The molecule has 5 rings (SSSR count). The van der Waals surface area contributed by atoms with E-state index in [0.29, 0.717) is 6.61 Å². The molecule has 0 aromatic heterocycles. The Bertz CT molecular complexity index is 1120. The summed E-state index contributed by atoms with van der Waals surface area (Å²) in [5.41, 5.74) is 4.72. The molecule has 0 N–H and O–H groups in total. The van der Waals surface area contributed by atoms with Crippen LogP contribution in [0, 0.1) is 0 Å². The molecule has 2 aliphatic rings. The average Bonchev–Trinajstić information content (AvgIpc) is 3.69. The summed E-state index contributed by atoms with van der Waals surface area (Å²) in [7, 11) is 3.85. The van der Waals surface area contributed by atoms with Crippen LogP contribution in [0.1, 0.15) is 18.4 Å². The number of piperazine rings is 1. The first-order valence-electron chi connectivity index (χ1n) is 12.1. The van der Waals surface area contributed by atoms with Crippen LogP contribution in [0.25, 0.3) is 11.1 Å². The molecule has 0 atom stereocenters. The number of rotatable bonds is 7. The summed E-state index contributed by atoms with van der Waals surface area (Å²) in [6, 6.07) is 26.8. The number of benzene rings is 3. The first-order valence-corrected chi connectivity index (χ1v) is 12.1. The third-order valence-corrected chi connectivity index (χ3v) is 7.20. The van der Waals surface area contributed by atoms with Gasteiger partial charge >= 0.3 is 0 Å². The minimum absolute atomic E-state index is 0.174. The number of anilines is 2. The van der Waals surface area contributed by atoms with Crippen molar-refractivity contribution in [2.75, 3.05) is 45.2 Å². The van der Waals surface area contributed by atoms with Crippen LogP contribution in [0.3, 0.4) is 0 Å². The van der Waals surface area contributed by atoms with Gasteiger partial charge in [0.1, 0.15) is 5.54 Å². The summed E-state index contributed by atoms with van der Waals surface area (Å²) in [5, 5.41) is 0. The van der Waals surface area contributed by atoms with Gasteiger partial charge in [0, 0.05) is 44.5 Å². The predicted octanol–water partition coefficient (Wildman–Crippen LogP) is 4.94. The first kappa shape index (κ1) is 22.8. The standard InChI is InChI=1S/C29H33N3O2/c1-30-18-20-31(21-19-30)29(16-17-29)28(33)32(27-11-7-6-10-25(27)22-34-2)26-14-12-24(13-15-26)23-8-4-3-5-9-23/h3-15H,16-22H2,1-2H3. The third kappa shape index (κ3) is 4.39. The van der Waals surface area contributed by atoms with E-state index in [2.05, 4.69) is 53.2 Å². The molecule has 3 aromatic rings. The highest BCUT2D eigenvalue weighted by atomic mass is 16.5. The van der Waals surface area contributed by atoms with Crippen molar-refractivity contribution in [1.82, 2.24) is 9.80 Å². The van der Waals surface area contributed by atoms with Crippen molar-refractivity contribution >= 4 is 17.3 Å². The van der Waals surface area contributed by atoms with Gasteiger partial charge in [-0.25, -0.2) is 0 Å². The zero-order valence-electron chi connectivity index (χ0n) is 20.1. The number of para-hydroxylation sites is 1. The highest BCUT2D eigenvalue weighted by molar-refractivity contribution is 6.08. The van der Waals surface area contributed by atoms with E-state index < -0.39 is 5.54 Å². The van der Waals surface area contributed by atoms with Crippen LogP contribution in [-0.2, 0) is 16.1 Å². The molecule has 0 spiro atoms. The van der Waals surface area contributed by atoms with Crippen LogP contribution in [0.5, 0.6) is 0 Å². The second-order valence-electron chi connectivity index (χ2n) is 9.44. The van der Waals surface area contributed by atoms with E-state index in [-0.39, 0.29) is 5.91 Å². The molecule has 1 aliphatic carbocycles. The molecule has 1 heterocycles. The number of ether oxygens (including phenoxy) is 1. The van der Waals surface area contributed by atoms with E-state index >= 15 is 0 Å². The Morgan fingerprint density at radius 3 is 2.12 bits per heavy atom. The lowest BCUT2D eigenvalue weighted by Gasteiger charge is -2.40. The minimum Gasteiger partial charge on any atom is -0.380 e. The van der Waals surface area contributed by atoms with Crippen LogP contribution in [0.2, 0.25) is 0 Å². The summed E-state index contributed by atoms with van der Waals surface area (Å²) < 4.78 is 5.49. The van der Waals surface area contributed by atoms with Crippen LogP contribution in [-0.4, -0.2) is 61.6 Å². The van der Waals surface area contributed by atoms with Crippen molar-refractivity contribution in [2.45, 2.75) is 25.0 Å². The molecule has 0 bridgehead atoms. The number of amides is 1. The van der Waals surface area contributed by atoms with E-state index in [4.69, 9.17) is 4.74 Å². The van der Waals surface area contributed by atoms with Gasteiger partial charge in [-0.05, 0) is 49.2 Å². The predicted molar refractivity (Wildman–Crippen MR) is 137 cm³/mol. The van der Waals surface area contributed by atoms with Crippen molar-refractivity contribution in [3.05, 3.63) is 84.4 Å². The number of carbonyl (C=O) groups is 1. The molecule has 1 saturated heterocycles. The van der Waals surface area contributed by atoms with Crippen LogP contribution < -0.4 is 4.90 Å². The van der Waals surface area contributed by atoms with Crippen molar-refractivity contribution in [3.63, 3.8) is 0 Å². The number of likely N-dealkylation sites (N-methyl/N-ethyl adjacent to an activating group) is 1. The monoisotopic (exact) mass is 455 g/mol. The van der Waals surface area contributed by atoms with Crippen LogP contribution >= 0.6 is 0 Å². The van der Waals surface area contributed by atoms with Crippen LogP contribution in [0.4, 0.5) is 11.4 Å². The molecule has 0 radical (unpaired) electrons. The molecule has 5 heteroatoms. The lowest BCUT2D eigenvalue weighted by atomic mass is 10.0. The molecular weight excluding hydrogens is 422 g/mol. The van der Waals surface area contributed by atoms with E-state index in [9.17, 15) is 4.79 Å². The lowest BCUT2D eigenvalue weighted by Crippen LogP contribution is -2.56. The lowest BCUT2D eigenvalue weighted by molar-refractivity contribution is -0.125. The highest BCUT2D eigenvalue weighted by Crippen LogP contribution is 2.46. The first-order chi connectivity index (χ1) is 16.6. The highest BCUT2D eigenvalue weighted by Gasteiger charge is 2.56. The number of carbonyl (C=O) groups excluding carboxylic acids is 1. The van der Waals surface area contributed by atoms with Crippen molar-refractivity contribution in [3.8, 4) is 11.1 Å². The summed E-state index contributed by atoms with van der Waals surface area (Å²) in [6.07, 6.45) is 1.83. The quantitative estimate of drug-likeness (QED) is 0.505. The second-order valence-corrected chi connectivity index (χ2v) is 9.44. The van der Waals surface area contributed by atoms with Gasteiger partial charge in [-0.15, -0.1) is 0 Å². The maximum atomic E-state index is 14.4. The summed E-state index contributed by atoms with van der Waals surface area (Å²) in [5.74, 6) is 0.174. The summed E-state index contributed by atoms with van der Waals surface area (Å²) in [4.78, 5) is 21.0. The number of methoxy groups -OCH3 is 1. The van der Waals surface area contributed by atoms with Gasteiger partial charge in [0.2, 0.25) is 0 Å². The van der Waals surface area contributed by atoms with Crippen molar-refractivity contribution in [2.24, 2.45) is 0 Å². The Labute approximate surface area is 202 Å². The Hall–Kier alpha value is -2.99. The fourth-order valence-corrected chi connectivity index (χ4v) is 5.03. The Morgan fingerprint density at radius 1 is 0.853 bits per heavy atom. The molecule has 1 amide bonds. The third-order valence-electron chi connectivity index (χ3n) is 7.20. The molecule has 34 heavy (non-hydrogen) atoms. The number of hydrogen-bond donors (Lipinski definition) is 0. The van der Waals surface area contributed by atoms with Crippen molar-refractivity contribution < 1.29 is 9.53 Å². The van der Waals surface area contributed by atoms with E-state index in [1.165, 1.54) is 5.56 Å². The molecule has 5 nitrogen and oxygen atoms in total. The van der Waals surface area contributed by atoms with Gasteiger partial charge in [-0.2, -0.15) is 0 Å². The molecule has 0 unspecified atom stereocenters. The Morgan fingerprint density at radius 2 is 1.47 bits per heavy atom. The normalized spacial score (nSPS) is 17.9. The molecule has 3 aromatic carbocycles. The second kappa shape index (κ2) is 9.71. The van der Waals surface area contributed by atoms with Gasteiger partial charge < -0.3 is 9.64 Å². The molecule has 1 aliphatic heterocycles. The van der Waals surface area contributed by atoms with Crippen molar-refractivity contribution in [1.29, 1.82) is 0 Å². The fraction of sp³-hybridized carbons (Fsp3) is 0.345. The SMILES string of the molecule is COCc1ccccc1N(C(=O)C1(N2CCN(C)CC2)CC1)c1ccc(-c2ccccc2)cc1. The van der Waals surface area contributed by atoms with Gasteiger partial charge in [0.05, 0.1) is 12.3 Å². The number of nitrogens with zero attached hydrogens (tertiary/aromatic N) is 3.